The Hall–Kier alpha value is -3.92. The Bertz CT molecular complexity index is 1110. The van der Waals surface area contributed by atoms with E-state index in [4.69, 9.17) is 16.0 Å². The standard InChI is InChI=1S/C22H23N7/c1-4-20-27-21(19(12-24)14-25-2)22(18-7-5-16(11-23)6-8-18)29(20)10-9-17-13-26-28(3)15-17/h4-8,12-15H,1,9-10,24H2,2-3H3/b19-12+,25-14?. The second kappa shape index (κ2) is 8.85. The summed E-state index contributed by atoms with van der Waals surface area (Å²) in [5.74, 6) is 0.743. The normalized spacial score (nSPS) is 11.7. The van der Waals surface area contributed by atoms with E-state index in [0.717, 1.165) is 40.3 Å². The molecule has 0 unspecified atom stereocenters. The van der Waals surface area contributed by atoms with Gasteiger partial charge in [-0.2, -0.15) is 10.4 Å². The van der Waals surface area contributed by atoms with E-state index >= 15 is 0 Å². The van der Waals surface area contributed by atoms with Crippen molar-refractivity contribution in [1.82, 2.24) is 19.3 Å². The second-order valence-electron chi connectivity index (χ2n) is 6.49. The molecule has 0 radical (unpaired) electrons. The lowest BCUT2D eigenvalue weighted by Gasteiger charge is -2.12. The van der Waals surface area contributed by atoms with Crippen LogP contribution < -0.4 is 5.73 Å². The number of rotatable bonds is 7. The van der Waals surface area contributed by atoms with Gasteiger partial charge in [0.25, 0.3) is 0 Å². The average Bonchev–Trinajstić information content (AvgIpc) is 3.33. The molecular formula is C22H23N7. The molecule has 7 heteroatoms. The minimum Gasteiger partial charge on any atom is -0.404 e. The lowest BCUT2D eigenvalue weighted by atomic mass is 10.0. The van der Waals surface area contributed by atoms with E-state index in [-0.39, 0.29) is 0 Å². The monoisotopic (exact) mass is 385 g/mol. The maximum Gasteiger partial charge on any atom is 0.133 e. The van der Waals surface area contributed by atoms with Crippen LogP contribution in [-0.2, 0) is 20.0 Å². The molecule has 0 aliphatic heterocycles. The van der Waals surface area contributed by atoms with Crippen molar-refractivity contribution in [2.45, 2.75) is 13.0 Å². The van der Waals surface area contributed by atoms with Crippen molar-refractivity contribution in [3.8, 4) is 17.3 Å². The topological polar surface area (TPSA) is 97.8 Å². The zero-order chi connectivity index (χ0) is 20.8. The van der Waals surface area contributed by atoms with Gasteiger partial charge in [0, 0.05) is 50.4 Å². The number of aromatic nitrogens is 4. The Morgan fingerprint density at radius 1 is 1.34 bits per heavy atom. The van der Waals surface area contributed by atoms with Crippen LogP contribution in [-0.4, -0.2) is 32.6 Å². The lowest BCUT2D eigenvalue weighted by molar-refractivity contribution is 0.694. The first-order chi connectivity index (χ1) is 14.1. The molecule has 2 N–H and O–H groups in total. The summed E-state index contributed by atoms with van der Waals surface area (Å²) in [5.41, 5.74) is 10.9. The number of imidazole rings is 1. The Morgan fingerprint density at radius 3 is 2.66 bits per heavy atom. The zero-order valence-corrected chi connectivity index (χ0v) is 16.6. The smallest absolute Gasteiger partial charge is 0.133 e. The van der Waals surface area contributed by atoms with Crippen LogP contribution in [0.15, 0.2) is 54.4 Å². The number of allylic oxidation sites excluding steroid dienone is 1. The fourth-order valence-corrected chi connectivity index (χ4v) is 3.21. The van der Waals surface area contributed by atoms with Crippen molar-refractivity contribution in [2.75, 3.05) is 7.05 Å². The summed E-state index contributed by atoms with van der Waals surface area (Å²) in [6.45, 7) is 4.62. The zero-order valence-electron chi connectivity index (χ0n) is 16.6. The summed E-state index contributed by atoms with van der Waals surface area (Å²) in [4.78, 5) is 8.88. The summed E-state index contributed by atoms with van der Waals surface area (Å²) in [6.07, 6.45) is 9.58. The van der Waals surface area contributed by atoms with Crippen molar-refractivity contribution >= 4 is 17.9 Å². The highest BCUT2D eigenvalue weighted by Gasteiger charge is 2.19. The van der Waals surface area contributed by atoms with Crippen LogP contribution in [0.5, 0.6) is 0 Å². The SMILES string of the molecule is C=Cc1nc(/C(C=NC)=C/N)c(-c2ccc(C#N)cc2)n1CCc1cnn(C)c1. The van der Waals surface area contributed by atoms with Crippen molar-refractivity contribution in [1.29, 1.82) is 5.26 Å². The molecule has 2 heterocycles. The van der Waals surface area contributed by atoms with Crippen molar-refractivity contribution in [3.63, 3.8) is 0 Å². The average molecular weight is 385 g/mol. The molecule has 7 nitrogen and oxygen atoms in total. The first kappa shape index (κ1) is 19.8. The van der Waals surface area contributed by atoms with Gasteiger partial charge in [-0.15, -0.1) is 0 Å². The molecule has 0 atom stereocenters. The second-order valence-corrected chi connectivity index (χ2v) is 6.49. The predicted octanol–water partition coefficient (Wildman–Crippen LogP) is 3.04. The highest BCUT2D eigenvalue weighted by atomic mass is 15.2. The van der Waals surface area contributed by atoms with Crippen LogP contribution in [0.2, 0.25) is 0 Å². The predicted molar refractivity (Wildman–Crippen MR) is 116 cm³/mol. The van der Waals surface area contributed by atoms with E-state index in [2.05, 4.69) is 27.3 Å². The lowest BCUT2D eigenvalue weighted by Crippen LogP contribution is -2.06. The van der Waals surface area contributed by atoms with E-state index in [0.29, 0.717) is 12.1 Å². The van der Waals surface area contributed by atoms with Gasteiger partial charge in [0.1, 0.15) is 5.82 Å². The molecule has 3 aromatic rings. The third-order valence-electron chi connectivity index (χ3n) is 4.57. The molecule has 0 bridgehead atoms. The Balaban J connectivity index is 2.14. The van der Waals surface area contributed by atoms with Crippen LogP contribution in [0, 0.1) is 11.3 Å². The minimum absolute atomic E-state index is 0.602. The first-order valence-electron chi connectivity index (χ1n) is 9.16. The highest BCUT2D eigenvalue weighted by molar-refractivity contribution is 6.11. The summed E-state index contributed by atoms with van der Waals surface area (Å²) in [7, 11) is 3.59. The summed E-state index contributed by atoms with van der Waals surface area (Å²) in [5, 5.41) is 13.4. The molecule has 0 aliphatic rings. The van der Waals surface area contributed by atoms with E-state index in [1.807, 2.05) is 31.6 Å². The van der Waals surface area contributed by atoms with Crippen LogP contribution in [0.1, 0.15) is 22.6 Å². The van der Waals surface area contributed by atoms with E-state index in [1.165, 1.54) is 6.20 Å². The van der Waals surface area contributed by atoms with Gasteiger partial charge in [-0.3, -0.25) is 9.67 Å². The molecular weight excluding hydrogens is 362 g/mol. The third kappa shape index (κ3) is 4.17. The number of benzene rings is 1. The van der Waals surface area contributed by atoms with Gasteiger partial charge in [0.15, 0.2) is 0 Å². The van der Waals surface area contributed by atoms with Gasteiger partial charge in [-0.05, 0) is 30.2 Å². The summed E-state index contributed by atoms with van der Waals surface area (Å²) < 4.78 is 3.90. The maximum absolute atomic E-state index is 9.13. The molecule has 3 rings (SSSR count). The molecule has 0 aliphatic carbocycles. The van der Waals surface area contributed by atoms with Crippen molar-refractivity contribution in [2.24, 2.45) is 17.8 Å². The van der Waals surface area contributed by atoms with E-state index in [9.17, 15) is 0 Å². The largest absolute Gasteiger partial charge is 0.404 e. The summed E-state index contributed by atoms with van der Waals surface area (Å²) >= 11 is 0. The molecule has 0 amide bonds. The van der Waals surface area contributed by atoms with Gasteiger partial charge >= 0.3 is 0 Å². The quantitative estimate of drug-likeness (QED) is 0.632. The molecule has 29 heavy (non-hydrogen) atoms. The number of nitriles is 1. The number of nitrogens with zero attached hydrogens (tertiary/aromatic N) is 6. The Morgan fingerprint density at radius 2 is 2.10 bits per heavy atom. The molecule has 1 aromatic carbocycles. The number of aliphatic imine (C=N–C) groups is 1. The van der Waals surface area contributed by atoms with Crippen molar-refractivity contribution in [3.05, 3.63) is 72.1 Å². The van der Waals surface area contributed by atoms with Crippen LogP contribution in [0.4, 0.5) is 0 Å². The minimum atomic E-state index is 0.602. The van der Waals surface area contributed by atoms with Gasteiger partial charge in [-0.1, -0.05) is 18.7 Å². The summed E-state index contributed by atoms with van der Waals surface area (Å²) in [6, 6.07) is 9.59. The molecule has 0 spiro atoms. The fourth-order valence-electron chi connectivity index (χ4n) is 3.21. The maximum atomic E-state index is 9.13. The van der Waals surface area contributed by atoms with Crippen LogP contribution in [0.3, 0.4) is 0 Å². The third-order valence-corrected chi connectivity index (χ3v) is 4.57. The Labute approximate surface area is 170 Å². The molecule has 2 aromatic heterocycles. The van der Waals surface area contributed by atoms with E-state index < -0.39 is 0 Å². The van der Waals surface area contributed by atoms with Gasteiger partial charge in [-0.25, -0.2) is 4.98 Å². The number of aryl methyl sites for hydroxylation is 2. The van der Waals surface area contributed by atoms with Gasteiger partial charge in [0.05, 0.1) is 29.2 Å². The molecule has 0 fully saturated rings. The fraction of sp³-hybridized carbons (Fsp3) is 0.182. The van der Waals surface area contributed by atoms with Crippen molar-refractivity contribution < 1.29 is 0 Å². The van der Waals surface area contributed by atoms with Gasteiger partial charge < -0.3 is 10.3 Å². The highest BCUT2D eigenvalue weighted by Crippen LogP contribution is 2.30. The Kier molecular flexibility index (Phi) is 6.05. The van der Waals surface area contributed by atoms with Gasteiger partial charge in [0.2, 0.25) is 0 Å². The number of hydrogen-bond acceptors (Lipinski definition) is 5. The van der Waals surface area contributed by atoms with Crippen LogP contribution in [0.25, 0.3) is 22.9 Å². The number of nitrogens with two attached hydrogens (primary N) is 1. The van der Waals surface area contributed by atoms with Crippen LogP contribution >= 0.6 is 0 Å². The number of hydrogen-bond donors (Lipinski definition) is 1. The first-order valence-corrected chi connectivity index (χ1v) is 9.16. The molecule has 0 saturated carbocycles. The molecule has 0 saturated heterocycles. The van der Waals surface area contributed by atoms with E-state index in [1.54, 1.807) is 36.2 Å². The molecule has 146 valence electrons.